The van der Waals surface area contributed by atoms with Crippen molar-refractivity contribution in [1.82, 2.24) is 40.0 Å². The van der Waals surface area contributed by atoms with Crippen molar-refractivity contribution in [2.75, 3.05) is 23.7 Å². The number of hydrogen-bond acceptors (Lipinski definition) is 8. The predicted molar refractivity (Wildman–Crippen MR) is 181 cm³/mol. The number of benzene rings is 2. The molecule has 4 N–H and O–H groups in total. The van der Waals surface area contributed by atoms with E-state index in [1.54, 1.807) is 41.3 Å². The molecule has 8 rings (SSSR count). The van der Waals surface area contributed by atoms with E-state index in [0.29, 0.717) is 42.2 Å². The summed E-state index contributed by atoms with van der Waals surface area (Å²) in [6, 6.07) is 18.2. The summed E-state index contributed by atoms with van der Waals surface area (Å²) < 4.78 is 3.61. The van der Waals surface area contributed by atoms with Gasteiger partial charge in [0.2, 0.25) is 5.91 Å². The molecule has 0 radical (unpaired) electrons. The first-order chi connectivity index (χ1) is 24.2. The molecule has 15 heteroatoms. The molecule has 0 aliphatic carbocycles. The Morgan fingerprint density at radius 3 is 2.60 bits per heavy atom. The number of nitrogens with one attached hydrogen (secondary N) is 4. The molecule has 252 valence electrons. The molecule has 0 bridgehead atoms. The molecule has 0 spiro atoms. The Bertz CT molecular complexity index is 2220. The first-order valence-electron chi connectivity index (χ1n) is 16.2. The highest BCUT2D eigenvalue weighted by Gasteiger charge is 2.37. The number of imide groups is 1. The molecule has 3 aliphatic rings. The Kier molecular flexibility index (Phi) is 7.50. The number of pyridine rings is 1. The molecule has 50 heavy (non-hydrogen) atoms. The smallest absolute Gasteiger partial charge is 0.342 e. The maximum absolute atomic E-state index is 13.1. The third-order valence-electron chi connectivity index (χ3n) is 9.11. The lowest BCUT2D eigenvalue weighted by Gasteiger charge is -2.33. The standard InChI is InChI=1S/C35H32N10O5/c1-20-14-37-33(48)29-13-23-5-9-28(40-31(23)45(20)29)32(47)39-26-16-38-42(19-26)17-21-2-6-25(7-3-21)36-15-22-4-8-27-24(12-22)18-44(34(27)49)43-11-10-30(46)41-35(43)50/h2-9,12-13,16,19-20,36H,10-11,14-15,17-18H2,1H3,(H,37,48)(H,39,47)(H,41,46,50)/t20-/m1/s1. The molecule has 0 unspecified atom stereocenters. The largest absolute Gasteiger partial charge is 0.381 e. The number of nitrogens with zero attached hydrogens (tertiary/aromatic N) is 6. The van der Waals surface area contributed by atoms with E-state index in [1.807, 2.05) is 47.9 Å². The number of amides is 6. The van der Waals surface area contributed by atoms with Gasteiger partial charge in [0, 0.05) is 42.3 Å². The Morgan fingerprint density at radius 2 is 1.78 bits per heavy atom. The molecule has 15 nitrogen and oxygen atoms in total. The normalized spacial score (nSPS) is 17.0. The van der Waals surface area contributed by atoms with Crippen LogP contribution >= 0.6 is 0 Å². The number of hydrogen-bond donors (Lipinski definition) is 4. The lowest BCUT2D eigenvalue weighted by atomic mass is 10.1. The van der Waals surface area contributed by atoms with E-state index in [-0.39, 0.29) is 54.9 Å². The second kappa shape index (κ2) is 12.2. The molecule has 3 aromatic heterocycles. The van der Waals surface area contributed by atoms with Crippen molar-refractivity contribution < 1.29 is 24.0 Å². The molecule has 1 saturated heterocycles. The van der Waals surface area contributed by atoms with Crippen molar-refractivity contribution in [2.45, 2.75) is 39.0 Å². The summed E-state index contributed by atoms with van der Waals surface area (Å²) in [6.07, 6.45) is 3.49. The van der Waals surface area contributed by atoms with Gasteiger partial charge in [0.15, 0.2) is 0 Å². The fraction of sp³-hybridized carbons (Fsp3) is 0.229. The molecule has 0 saturated carbocycles. The van der Waals surface area contributed by atoms with Crippen molar-refractivity contribution in [1.29, 1.82) is 0 Å². The Hall–Kier alpha value is -6.51. The summed E-state index contributed by atoms with van der Waals surface area (Å²) in [4.78, 5) is 66.7. The van der Waals surface area contributed by atoms with E-state index in [1.165, 1.54) is 10.0 Å². The number of aromatic nitrogens is 4. The molecule has 2 aromatic carbocycles. The van der Waals surface area contributed by atoms with Crippen molar-refractivity contribution in [3.05, 3.63) is 107 Å². The van der Waals surface area contributed by atoms with Crippen LogP contribution in [0.1, 0.15) is 67.4 Å². The molecular formula is C35H32N10O5. The lowest BCUT2D eigenvalue weighted by molar-refractivity contribution is -0.123. The maximum atomic E-state index is 13.1. The zero-order valence-corrected chi connectivity index (χ0v) is 27.0. The molecule has 1 atom stereocenters. The van der Waals surface area contributed by atoms with Gasteiger partial charge < -0.3 is 20.5 Å². The van der Waals surface area contributed by atoms with Gasteiger partial charge in [-0.1, -0.05) is 24.3 Å². The van der Waals surface area contributed by atoms with Crippen LogP contribution in [0.25, 0.3) is 11.0 Å². The highest BCUT2D eigenvalue weighted by atomic mass is 16.2. The maximum Gasteiger partial charge on any atom is 0.342 e. The predicted octanol–water partition coefficient (Wildman–Crippen LogP) is 3.26. The van der Waals surface area contributed by atoms with Crippen molar-refractivity contribution in [3.63, 3.8) is 0 Å². The third kappa shape index (κ3) is 5.67. The summed E-state index contributed by atoms with van der Waals surface area (Å²) in [5.41, 5.74) is 6.20. The van der Waals surface area contributed by atoms with Gasteiger partial charge in [-0.05, 0) is 60.0 Å². The van der Waals surface area contributed by atoms with Crippen LogP contribution in [0.15, 0.2) is 73.1 Å². The Morgan fingerprint density at radius 1 is 0.960 bits per heavy atom. The molecule has 5 aromatic rings. The third-order valence-corrected chi connectivity index (χ3v) is 9.11. The second-order valence-corrected chi connectivity index (χ2v) is 12.6. The van der Waals surface area contributed by atoms with Crippen LogP contribution in [0.4, 0.5) is 16.2 Å². The number of fused-ring (bicyclic) bond motifs is 4. The Labute approximate surface area is 285 Å². The van der Waals surface area contributed by atoms with Crippen LogP contribution in [0.3, 0.4) is 0 Å². The quantitative estimate of drug-likeness (QED) is 0.194. The van der Waals surface area contributed by atoms with Crippen LogP contribution in [-0.4, -0.2) is 72.1 Å². The fourth-order valence-corrected chi connectivity index (χ4v) is 6.54. The number of anilines is 2. The number of urea groups is 1. The molecule has 6 heterocycles. The van der Waals surface area contributed by atoms with Gasteiger partial charge in [-0.15, -0.1) is 0 Å². The Balaban J connectivity index is 0.860. The summed E-state index contributed by atoms with van der Waals surface area (Å²) in [5.74, 6) is -1.13. The number of carbonyl (C=O) groups is 5. The molecular weight excluding hydrogens is 640 g/mol. The van der Waals surface area contributed by atoms with Gasteiger partial charge >= 0.3 is 6.03 Å². The van der Waals surface area contributed by atoms with Gasteiger partial charge in [0.1, 0.15) is 17.0 Å². The summed E-state index contributed by atoms with van der Waals surface area (Å²) >= 11 is 0. The van der Waals surface area contributed by atoms with Crippen molar-refractivity contribution in [3.8, 4) is 0 Å². The van der Waals surface area contributed by atoms with Gasteiger partial charge in [-0.25, -0.2) is 19.8 Å². The molecule has 6 amide bonds. The second-order valence-electron chi connectivity index (χ2n) is 12.6. The van der Waals surface area contributed by atoms with E-state index >= 15 is 0 Å². The van der Waals surface area contributed by atoms with Crippen LogP contribution in [0, 0.1) is 0 Å². The van der Waals surface area contributed by atoms with Crippen LogP contribution in [-0.2, 0) is 24.4 Å². The van der Waals surface area contributed by atoms with Gasteiger partial charge in [0.05, 0.1) is 37.6 Å². The van der Waals surface area contributed by atoms with E-state index in [0.717, 1.165) is 27.8 Å². The topological polar surface area (TPSA) is 176 Å². The van der Waals surface area contributed by atoms with E-state index in [4.69, 9.17) is 0 Å². The van der Waals surface area contributed by atoms with E-state index < -0.39 is 6.03 Å². The van der Waals surface area contributed by atoms with Gasteiger partial charge in [0.25, 0.3) is 17.7 Å². The fourth-order valence-electron chi connectivity index (χ4n) is 6.54. The zero-order valence-electron chi connectivity index (χ0n) is 27.0. The van der Waals surface area contributed by atoms with Crippen LogP contribution < -0.4 is 21.3 Å². The van der Waals surface area contributed by atoms with E-state index in [9.17, 15) is 24.0 Å². The van der Waals surface area contributed by atoms with Gasteiger partial charge in [-0.3, -0.25) is 29.2 Å². The average Bonchev–Trinajstić information content (AvgIpc) is 3.81. The minimum Gasteiger partial charge on any atom is -0.381 e. The monoisotopic (exact) mass is 672 g/mol. The first-order valence-corrected chi connectivity index (χ1v) is 16.2. The number of carbonyl (C=O) groups excluding carboxylic acids is 5. The zero-order chi connectivity index (χ0) is 34.5. The van der Waals surface area contributed by atoms with Crippen molar-refractivity contribution >= 4 is 52.1 Å². The highest BCUT2D eigenvalue weighted by Crippen LogP contribution is 2.28. The minimum absolute atomic E-state index is 0.0205. The lowest BCUT2D eigenvalue weighted by Crippen LogP contribution is -2.56. The number of rotatable bonds is 8. The summed E-state index contributed by atoms with van der Waals surface area (Å²) in [7, 11) is 0. The molecule has 1 fully saturated rings. The highest BCUT2D eigenvalue weighted by molar-refractivity contribution is 6.05. The first kappa shape index (κ1) is 30.8. The summed E-state index contributed by atoms with van der Waals surface area (Å²) in [6.45, 7) is 3.96. The van der Waals surface area contributed by atoms with Crippen molar-refractivity contribution in [2.24, 2.45) is 0 Å². The SMILES string of the molecule is C[C@@H]1CNC(=O)c2cc3ccc(C(=O)Nc4cnn(Cc5ccc(NCc6ccc7c(c6)CN(N6CCC(=O)NC6=O)C7=O)cc5)c4)nc3n21. The number of hydrazine groups is 1. The minimum atomic E-state index is -0.585. The summed E-state index contributed by atoms with van der Waals surface area (Å²) in [5, 5.41) is 19.3. The van der Waals surface area contributed by atoms with Gasteiger partial charge in [-0.2, -0.15) is 5.10 Å². The van der Waals surface area contributed by atoms with E-state index in [2.05, 4.69) is 31.3 Å². The molecule has 3 aliphatic heterocycles. The van der Waals surface area contributed by atoms with Crippen LogP contribution in [0.5, 0.6) is 0 Å². The van der Waals surface area contributed by atoms with Crippen LogP contribution in [0.2, 0.25) is 0 Å². The average molecular weight is 673 g/mol.